The van der Waals surface area contributed by atoms with Crippen molar-refractivity contribution >= 4 is 46.6 Å². The van der Waals surface area contributed by atoms with Crippen molar-refractivity contribution in [2.45, 2.75) is 18.9 Å². The van der Waals surface area contributed by atoms with E-state index in [0.29, 0.717) is 38.4 Å². The molecule has 2 unspecified atom stereocenters. The first-order valence-electron chi connectivity index (χ1n) is 9.69. The van der Waals surface area contributed by atoms with Crippen molar-refractivity contribution < 1.29 is 19.0 Å². The van der Waals surface area contributed by atoms with E-state index in [9.17, 15) is 14.7 Å². The minimum atomic E-state index is -1.33. The van der Waals surface area contributed by atoms with Gasteiger partial charge < -0.3 is 25.0 Å². The summed E-state index contributed by atoms with van der Waals surface area (Å²) in [6, 6.07) is 1.19. The number of ether oxygens (including phenoxy) is 1. The SMILES string of the molecule is Cl.NCC12COCC1CN(c1c(F)cc3c(=O)c(C(=O)O)cn(C4CC4)c3c1Cl)C2. The Balaban J connectivity index is 0.00000218. The summed E-state index contributed by atoms with van der Waals surface area (Å²) in [7, 11) is 0. The first-order chi connectivity index (χ1) is 13.9. The van der Waals surface area contributed by atoms with Gasteiger partial charge in [-0.1, -0.05) is 11.6 Å². The monoisotopic (exact) mass is 457 g/mol. The molecule has 30 heavy (non-hydrogen) atoms. The number of aromatic carboxylic acids is 1. The molecule has 0 radical (unpaired) electrons. The van der Waals surface area contributed by atoms with Gasteiger partial charge in [-0.25, -0.2) is 9.18 Å². The van der Waals surface area contributed by atoms with Crippen LogP contribution in [-0.4, -0.2) is 48.5 Å². The van der Waals surface area contributed by atoms with Crippen LogP contribution in [0.15, 0.2) is 17.1 Å². The number of carboxylic acids is 1. The zero-order chi connectivity index (χ0) is 20.5. The molecule has 0 amide bonds. The quantitative estimate of drug-likeness (QED) is 0.732. The molecule has 1 aliphatic carbocycles. The van der Waals surface area contributed by atoms with Crippen LogP contribution in [0.4, 0.5) is 10.1 Å². The van der Waals surface area contributed by atoms with Crippen LogP contribution < -0.4 is 16.1 Å². The molecule has 2 aromatic rings. The topological polar surface area (TPSA) is 97.8 Å². The Hall–Kier alpha value is -1.87. The van der Waals surface area contributed by atoms with Gasteiger partial charge in [0.1, 0.15) is 11.4 Å². The van der Waals surface area contributed by atoms with Gasteiger partial charge in [0, 0.05) is 43.2 Å². The van der Waals surface area contributed by atoms with Gasteiger partial charge in [-0.05, 0) is 18.9 Å². The molecule has 3 N–H and O–H groups in total. The molecule has 1 aromatic heterocycles. The van der Waals surface area contributed by atoms with Crippen molar-refractivity contribution in [3.8, 4) is 0 Å². The lowest BCUT2D eigenvalue weighted by molar-refractivity contribution is 0.0695. The van der Waals surface area contributed by atoms with Gasteiger partial charge in [-0.3, -0.25) is 4.79 Å². The Morgan fingerprint density at radius 3 is 2.77 bits per heavy atom. The van der Waals surface area contributed by atoms with Crippen LogP contribution in [0.25, 0.3) is 10.9 Å². The van der Waals surface area contributed by atoms with Crippen molar-refractivity contribution in [3.63, 3.8) is 0 Å². The van der Waals surface area contributed by atoms with E-state index in [4.69, 9.17) is 22.1 Å². The van der Waals surface area contributed by atoms with Crippen LogP contribution in [0.2, 0.25) is 5.02 Å². The van der Waals surface area contributed by atoms with Gasteiger partial charge in [0.25, 0.3) is 0 Å². The molecule has 3 fully saturated rings. The predicted octanol–water partition coefficient (Wildman–Crippen LogP) is 2.66. The second kappa shape index (κ2) is 7.37. The van der Waals surface area contributed by atoms with E-state index in [0.717, 1.165) is 18.9 Å². The summed E-state index contributed by atoms with van der Waals surface area (Å²) < 4.78 is 22.5. The Morgan fingerprint density at radius 2 is 2.17 bits per heavy atom. The van der Waals surface area contributed by atoms with Crippen molar-refractivity contribution in [2.24, 2.45) is 17.1 Å². The number of anilines is 1. The summed E-state index contributed by atoms with van der Waals surface area (Å²) in [5, 5.41) is 9.54. The number of nitrogens with two attached hydrogens (primary N) is 1. The third kappa shape index (κ3) is 3.00. The number of benzene rings is 1. The number of rotatable bonds is 4. The van der Waals surface area contributed by atoms with Gasteiger partial charge in [0.15, 0.2) is 0 Å². The molecule has 162 valence electrons. The van der Waals surface area contributed by atoms with Crippen LogP contribution in [0.5, 0.6) is 0 Å². The summed E-state index contributed by atoms with van der Waals surface area (Å²) in [6.45, 7) is 2.65. The number of carbonyl (C=O) groups is 1. The van der Waals surface area contributed by atoms with Crippen LogP contribution in [0.3, 0.4) is 0 Å². The van der Waals surface area contributed by atoms with E-state index in [1.165, 1.54) is 6.20 Å². The Morgan fingerprint density at radius 1 is 1.43 bits per heavy atom. The summed E-state index contributed by atoms with van der Waals surface area (Å²) in [5.74, 6) is -1.76. The van der Waals surface area contributed by atoms with Crippen molar-refractivity contribution in [2.75, 3.05) is 37.7 Å². The van der Waals surface area contributed by atoms with Crippen LogP contribution in [0, 0.1) is 17.2 Å². The molecule has 5 rings (SSSR count). The molecule has 1 saturated carbocycles. The van der Waals surface area contributed by atoms with E-state index in [2.05, 4.69) is 0 Å². The number of carboxylic acid groups (broad SMARTS) is 1. The summed E-state index contributed by atoms with van der Waals surface area (Å²) in [5.41, 5.74) is 5.35. The lowest BCUT2D eigenvalue weighted by Crippen LogP contribution is -2.38. The maximum absolute atomic E-state index is 15.2. The highest BCUT2D eigenvalue weighted by atomic mass is 35.5. The maximum Gasteiger partial charge on any atom is 0.341 e. The lowest BCUT2D eigenvalue weighted by Gasteiger charge is -2.27. The average molecular weight is 458 g/mol. The van der Waals surface area contributed by atoms with Gasteiger partial charge in [0.05, 0.1) is 34.8 Å². The molecule has 0 bridgehead atoms. The fourth-order valence-electron chi connectivity index (χ4n) is 4.81. The molecule has 10 heteroatoms. The van der Waals surface area contributed by atoms with Gasteiger partial charge >= 0.3 is 5.97 Å². The van der Waals surface area contributed by atoms with E-state index in [1.807, 2.05) is 4.90 Å². The fraction of sp³-hybridized carbons (Fsp3) is 0.500. The van der Waals surface area contributed by atoms with Gasteiger partial charge in [-0.2, -0.15) is 0 Å². The fourth-order valence-corrected chi connectivity index (χ4v) is 5.21. The third-order valence-corrected chi connectivity index (χ3v) is 6.96. The minimum absolute atomic E-state index is 0. The van der Waals surface area contributed by atoms with Crippen molar-refractivity contribution in [1.82, 2.24) is 4.57 Å². The first-order valence-corrected chi connectivity index (χ1v) is 10.1. The van der Waals surface area contributed by atoms with Crippen LogP contribution >= 0.6 is 24.0 Å². The van der Waals surface area contributed by atoms with Crippen LogP contribution in [0.1, 0.15) is 29.2 Å². The Labute approximate surface area is 182 Å². The number of hydrogen-bond acceptors (Lipinski definition) is 5. The van der Waals surface area contributed by atoms with E-state index in [-0.39, 0.29) is 51.4 Å². The second-order valence-corrected chi connectivity index (χ2v) is 8.77. The highest BCUT2D eigenvalue weighted by Crippen LogP contribution is 2.47. The molecular weight excluding hydrogens is 436 g/mol. The molecule has 2 aliphatic heterocycles. The molecule has 0 spiro atoms. The number of aromatic nitrogens is 1. The number of nitrogens with zero attached hydrogens (tertiary/aromatic N) is 2. The maximum atomic E-state index is 15.2. The zero-order valence-corrected chi connectivity index (χ0v) is 17.6. The first kappa shape index (κ1) is 21.4. The molecule has 2 atom stereocenters. The number of hydrogen-bond donors (Lipinski definition) is 2. The lowest BCUT2D eigenvalue weighted by atomic mass is 9.81. The highest BCUT2D eigenvalue weighted by Gasteiger charge is 2.50. The normalized spacial score (nSPS) is 25.4. The zero-order valence-electron chi connectivity index (χ0n) is 16.1. The molecule has 3 heterocycles. The number of fused-ring (bicyclic) bond motifs is 2. The average Bonchev–Trinajstić information content (AvgIpc) is 3.34. The van der Waals surface area contributed by atoms with Gasteiger partial charge in [-0.15, -0.1) is 12.4 Å². The van der Waals surface area contributed by atoms with E-state index in [1.54, 1.807) is 4.57 Å². The van der Waals surface area contributed by atoms with Crippen LogP contribution in [-0.2, 0) is 4.74 Å². The van der Waals surface area contributed by atoms with Crippen molar-refractivity contribution in [3.05, 3.63) is 38.9 Å². The highest BCUT2D eigenvalue weighted by molar-refractivity contribution is 6.38. The standard InChI is InChI=1S/C20H21ClFN3O4.ClH/c21-15-16-12(18(26)13(19(27)28)5-25(16)11-1-2-11)3-14(22)17(15)24-4-10-6-29-9-20(10,7-23)8-24;/h3,5,10-11H,1-2,4,6-9,23H2,(H,27,28);1H. The molecular formula is C20H22Cl2FN3O4. The summed E-state index contributed by atoms with van der Waals surface area (Å²) in [4.78, 5) is 26.1. The molecule has 3 aliphatic rings. The molecule has 7 nitrogen and oxygen atoms in total. The third-order valence-electron chi connectivity index (χ3n) is 6.60. The summed E-state index contributed by atoms with van der Waals surface area (Å²) in [6.07, 6.45) is 3.06. The minimum Gasteiger partial charge on any atom is -0.477 e. The van der Waals surface area contributed by atoms with E-state index < -0.39 is 17.2 Å². The number of halogens is 3. The smallest absolute Gasteiger partial charge is 0.341 e. The summed E-state index contributed by atoms with van der Waals surface area (Å²) >= 11 is 6.70. The Bertz CT molecular complexity index is 1100. The van der Waals surface area contributed by atoms with E-state index >= 15 is 4.39 Å². The molecule has 2 saturated heterocycles. The predicted molar refractivity (Wildman–Crippen MR) is 114 cm³/mol. The largest absolute Gasteiger partial charge is 0.477 e. The molecule has 1 aromatic carbocycles. The van der Waals surface area contributed by atoms with Crippen molar-refractivity contribution in [1.29, 1.82) is 0 Å². The number of pyridine rings is 1. The van der Waals surface area contributed by atoms with Gasteiger partial charge in [0.2, 0.25) is 5.43 Å². The second-order valence-electron chi connectivity index (χ2n) is 8.39. The Kier molecular flexibility index (Phi) is 5.25.